The van der Waals surface area contributed by atoms with Crippen LogP contribution in [0.1, 0.15) is 46.0 Å². The van der Waals surface area contributed by atoms with Gasteiger partial charge in [-0.3, -0.25) is 0 Å². The number of isocyanates is 1. The van der Waals surface area contributed by atoms with Crippen molar-refractivity contribution in [3.63, 3.8) is 0 Å². The van der Waals surface area contributed by atoms with Crippen LogP contribution in [0.5, 0.6) is 0 Å². The van der Waals surface area contributed by atoms with Crippen LogP contribution in [0, 0.1) is 0 Å². The zero-order valence-electron chi connectivity index (χ0n) is 8.68. The summed E-state index contributed by atoms with van der Waals surface area (Å²) in [6.07, 6.45) is 8.29. The summed E-state index contributed by atoms with van der Waals surface area (Å²) in [5, 5.41) is 0. The third kappa shape index (κ3) is 4.05. The topological polar surface area (TPSA) is 29.4 Å². The van der Waals surface area contributed by atoms with E-state index >= 15 is 0 Å². The summed E-state index contributed by atoms with van der Waals surface area (Å²) in [6, 6.07) is 0. The quantitative estimate of drug-likeness (QED) is 0.337. The van der Waals surface area contributed by atoms with E-state index in [1.807, 2.05) is 6.08 Å². The largest absolute Gasteiger partial charge is 0.235 e. The van der Waals surface area contributed by atoms with E-state index in [0.717, 1.165) is 32.1 Å². The van der Waals surface area contributed by atoms with Crippen molar-refractivity contribution >= 4 is 6.08 Å². The molecular weight excluding hydrogens is 162 g/mol. The van der Waals surface area contributed by atoms with Gasteiger partial charge in [0.15, 0.2) is 0 Å². The molecule has 0 aliphatic rings. The predicted octanol–water partition coefficient (Wildman–Crippen LogP) is 3.24. The van der Waals surface area contributed by atoms with Crippen molar-refractivity contribution in [2.24, 2.45) is 4.99 Å². The van der Waals surface area contributed by atoms with Crippen molar-refractivity contribution in [2.45, 2.75) is 51.5 Å². The summed E-state index contributed by atoms with van der Waals surface area (Å²) in [6.45, 7) is 7.91. The Kier molecular flexibility index (Phi) is 6.17. The maximum absolute atomic E-state index is 10.3. The second kappa shape index (κ2) is 6.62. The van der Waals surface area contributed by atoms with Crippen molar-refractivity contribution in [1.29, 1.82) is 0 Å². The Morgan fingerprint density at radius 2 is 1.92 bits per heavy atom. The number of rotatable bonds is 7. The molecule has 0 aromatic heterocycles. The number of nitrogens with zero attached hydrogens (tertiary/aromatic N) is 1. The van der Waals surface area contributed by atoms with Crippen LogP contribution >= 0.6 is 0 Å². The molecule has 0 aromatic carbocycles. The van der Waals surface area contributed by atoms with E-state index in [1.165, 1.54) is 0 Å². The highest BCUT2D eigenvalue weighted by Crippen LogP contribution is 2.28. The van der Waals surface area contributed by atoms with Crippen molar-refractivity contribution in [3.05, 3.63) is 12.7 Å². The maximum atomic E-state index is 10.3. The summed E-state index contributed by atoms with van der Waals surface area (Å²) in [5.74, 6) is 0. The standard InChI is InChI=1S/C11H19NO/c1-4-7-11(8-5-2,9-6-3)12-10-13/h4H,1,5-9H2,2-3H3. The monoisotopic (exact) mass is 181 g/mol. The van der Waals surface area contributed by atoms with Crippen LogP contribution in [0.25, 0.3) is 0 Å². The van der Waals surface area contributed by atoms with E-state index < -0.39 is 0 Å². The van der Waals surface area contributed by atoms with Crippen LogP contribution < -0.4 is 0 Å². The van der Waals surface area contributed by atoms with Gasteiger partial charge in [-0.15, -0.1) is 6.58 Å². The normalized spacial score (nSPS) is 10.6. The summed E-state index contributed by atoms with van der Waals surface area (Å²) < 4.78 is 0. The van der Waals surface area contributed by atoms with Gasteiger partial charge in [0.2, 0.25) is 6.08 Å². The fraction of sp³-hybridized carbons (Fsp3) is 0.727. The molecular formula is C11H19NO. The summed E-state index contributed by atoms with van der Waals surface area (Å²) >= 11 is 0. The lowest BCUT2D eigenvalue weighted by Crippen LogP contribution is -2.25. The summed E-state index contributed by atoms with van der Waals surface area (Å²) in [5.41, 5.74) is -0.215. The Hall–Kier alpha value is -0.880. The molecule has 0 heterocycles. The minimum Gasteiger partial charge on any atom is -0.211 e. The second-order valence-corrected chi connectivity index (χ2v) is 3.42. The van der Waals surface area contributed by atoms with E-state index in [0.29, 0.717) is 0 Å². The Balaban J connectivity index is 4.55. The zero-order chi connectivity index (χ0) is 10.2. The fourth-order valence-electron chi connectivity index (χ4n) is 1.78. The molecule has 0 fully saturated rings. The number of hydrogen-bond acceptors (Lipinski definition) is 2. The minimum atomic E-state index is -0.215. The molecule has 0 saturated carbocycles. The Labute approximate surface area is 80.8 Å². The molecule has 0 amide bonds. The van der Waals surface area contributed by atoms with Crippen LogP contribution in [0.3, 0.4) is 0 Å². The molecule has 0 N–H and O–H groups in total. The maximum Gasteiger partial charge on any atom is 0.235 e. The third-order valence-corrected chi connectivity index (χ3v) is 2.24. The lowest BCUT2D eigenvalue weighted by molar-refractivity contribution is 0.362. The van der Waals surface area contributed by atoms with Gasteiger partial charge in [-0.25, -0.2) is 4.79 Å². The molecule has 74 valence electrons. The molecule has 0 aromatic rings. The van der Waals surface area contributed by atoms with Crippen molar-refractivity contribution in [1.82, 2.24) is 0 Å². The lowest BCUT2D eigenvalue weighted by Gasteiger charge is -2.25. The molecule has 0 aliphatic carbocycles. The molecule has 0 atom stereocenters. The van der Waals surface area contributed by atoms with Gasteiger partial charge >= 0.3 is 0 Å². The van der Waals surface area contributed by atoms with Crippen LogP contribution in [-0.2, 0) is 4.79 Å². The second-order valence-electron chi connectivity index (χ2n) is 3.42. The molecule has 2 nitrogen and oxygen atoms in total. The average molecular weight is 181 g/mol. The SMILES string of the molecule is C=CCC(CCC)(CCC)N=C=O. The first kappa shape index (κ1) is 12.1. The van der Waals surface area contributed by atoms with Crippen molar-refractivity contribution in [2.75, 3.05) is 0 Å². The van der Waals surface area contributed by atoms with Crippen LogP contribution in [0.2, 0.25) is 0 Å². The zero-order valence-corrected chi connectivity index (χ0v) is 8.68. The molecule has 13 heavy (non-hydrogen) atoms. The summed E-state index contributed by atoms with van der Waals surface area (Å²) in [7, 11) is 0. The summed E-state index contributed by atoms with van der Waals surface area (Å²) in [4.78, 5) is 14.3. The van der Waals surface area contributed by atoms with E-state index in [9.17, 15) is 4.79 Å². The molecule has 2 heteroatoms. The van der Waals surface area contributed by atoms with Crippen molar-refractivity contribution < 1.29 is 4.79 Å². The molecule has 0 aliphatic heterocycles. The minimum absolute atomic E-state index is 0.215. The number of hydrogen-bond donors (Lipinski definition) is 0. The van der Waals surface area contributed by atoms with Crippen molar-refractivity contribution in [3.8, 4) is 0 Å². The first-order valence-electron chi connectivity index (χ1n) is 4.94. The highest BCUT2D eigenvalue weighted by Gasteiger charge is 2.25. The van der Waals surface area contributed by atoms with Gasteiger partial charge in [-0.05, 0) is 19.3 Å². The highest BCUT2D eigenvalue weighted by molar-refractivity contribution is 5.35. The van der Waals surface area contributed by atoms with E-state index in [1.54, 1.807) is 6.08 Å². The smallest absolute Gasteiger partial charge is 0.211 e. The fourth-order valence-corrected chi connectivity index (χ4v) is 1.78. The van der Waals surface area contributed by atoms with Crippen LogP contribution in [0.15, 0.2) is 17.6 Å². The van der Waals surface area contributed by atoms with Gasteiger partial charge in [0, 0.05) is 0 Å². The highest BCUT2D eigenvalue weighted by atomic mass is 16.1. The van der Waals surface area contributed by atoms with E-state index in [4.69, 9.17) is 0 Å². The van der Waals surface area contributed by atoms with E-state index in [2.05, 4.69) is 25.4 Å². The van der Waals surface area contributed by atoms with Gasteiger partial charge in [0.1, 0.15) is 0 Å². The molecule has 0 spiro atoms. The van der Waals surface area contributed by atoms with Gasteiger partial charge in [-0.1, -0.05) is 32.8 Å². The average Bonchev–Trinajstić information content (AvgIpc) is 2.06. The van der Waals surface area contributed by atoms with Crippen LogP contribution in [0.4, 0.5) is 0 Å². The van der Waals surface area contributed by atoms with Gasteiger partial charge < -0.3 is 0 Å². The lowest BCUT2D eigenvalue weighted by atomic mass is 9.86. The van der Waals surface area contributed by atoms with Gasteiger partial charge in [-0.2, -0.15) is 4.99 Å². The van der Waals surface area contributed by atoms with Gasteiger partial charge in [0.25, 0.3) is 0 Å². The first-order chi connectivity index (χ1) is 6.24. The molecule has 0 unspecified atom stereocenters. The predicted molar refractivity (Wildman–Crippen MR) is 55.5 cm³/mol. The van der Waals surface area contributed by atoms with E-state index in [-0.39, 0.29) is 5.54 Å². The Morgan fingerprint density at radius 1 is 1.38 bits per heavy atom. The molecule has 0 rings (SSSR count). The molecule has 0 bridgehead atoms. The Bertz CT molecular complexity index is 186. The van der Waals surface area contributed by atoms with Crippen LogP contribution in [-0.4, -0.2) is 11.6 Å². The third-order valence-electron chi connectivity index (χ3n) is 2.24. The molecule has 0 saturated heterocycles. The first-order valence-corrected chi connectivity index (χ1v) is 4.94. The molecule has 0 radical (unpaired) electrons. The van der Waals surface area contributed by atoms with Gasteiger partial charge in [0.05, 0.1) is 5.54 Å². The Morgan fingerprint density at radius 3 is 2.23 bits per heavy atom. The number of carbonyl (C=O) groups excluding carboxylic acids is 1. The number of aliphatic imine (C=N–C) groups is 1.